The Morgan fingerprint density at radius 3 is 2.88 bits per heavy atom. The molecule has 130 valence electrons. The van der Waals surface area contributed by atoms with E-state index in [0.717, 1.165) is 25.2 Å². The largest absolute Gasteiger partial charge is 0.358 e. The molecule has 0 amide bonds. The van der Waals surface area contributed by atoms with Gasteiger partial charge >= 0.3 is 0 Å². The van der Waals surface area contributed by atoms with Crippen molar-refractivity contribution in [2.24, 2.45) is 0 Å². The fourth-order valence-electron chi connectivity index (χ4n) is 4.05. The number of H-pyrrole nitrogens is 1. The summed E-state index contributed by atoms with van der Waals surface area (Å²) in [6, 6.07) is 11.1. The highest BCUT2D eigenvalue weighted by Crippen LogP contribution is 2.36. The molecule has 3 heteroatoms. The molecule has 3 heterocycles. The highest BCUT2D eigenvalue weighted by Gasteiger charge is 2.24. The molecule has 1 aromatic carbocycles. The van der Waals surface area contributed by atoms with Crippen LogP contribution in [0.5, 0.6) is 0 Å². The summed E-state index contributed by atoms with van der Waals surface area (Å²) in [6.45, 7) is 6.43. The van der Waals surface area contributed by atoms with Crippen molar-refractivity contribution in [1.82, 2.24) is 14.9 Å². The van der Waals surface area contributed by atoms with Crippen LogP contribution in [0.1, 0.15) is 46.8 Å². The molecule has 2 aromatic heterocycles. The zero-order chi connectivity index (χ0) is 17.4. The number of hydrogen-bond donors (Lipinski definition) is 1. The number of fused-ring (bicyclic) bond motifs is 3. The van der Waals surface area contributed by atoms with Gasteiger partial charge in [0, 0.05) is 41.0 Å². The fourth-order valence-corrected chi connectivity index (χ4v) is 4.05. The van der Waals surface area contributed by atoms with Crippen molar-refractivity contribution in [3.63, 3.8) is 0 Å². The first-order chi connectivity index (χ1) is 12.1. The molecule has 1 unspecified atom stereocenters. The number of aromatic amines is 1. The Morgan fingerprint density at radius 2 is 2.08 bits per heavy atom. The third-order valence-electron chi connectivity index (χ3n) is 5.54. The van der Waals surface area contributed by atoms with Gasteiger partial charge in [-0.2, -0.15) is 0 Å². The molecule has 0 fully saturated rings. The molecule has 1 atom stereocenters. The number of aryl methyl sites for hydroxylation is 3. The highest BCUT2D eigenvalue weighted by molar-refractivity contribution is 5.85. The maximum atomic E-state index is 4.45. The predicted octanol–water partition coefficient (Wildman–Crippen LogP) is 4.73. The van der Waals surface area contributed by atoms with Crippen LogP contribution in [-0.4, -0.2) is 28.5 Å². The van der Waals surface area contributed by atoms with Crippen molar-refractivity contribution >= 4 is 10.9 Å². The zero-order valence-corrected chi connectivity index (χ0v) is 15.5. The Labute approximate surface area is 150 Å². The van der Waals surface area contributed by atoms with Gasteiger partial charge in [0.05, 0.1) is 0 Å². The molecule has 0 saturated carbocycles. The molecule has 25 heavy (non-hydrogen) atoms. The number of rotatable bonds is 3. The normalized spacial score (nSPS) is 18.3. The summed E-state index contributed by atoms with van der Waals surface area (Å²) in [6.07, 6.45) is 5.52. The van der Waals surface area contributed by atoms with E-state index < -0.39 is 0 Å². The summed E-state index contributed by atoms with van der Waals surface area (Å²) in [7, 11) is 2.24. The minimum atomic E-state index is 0.592. The van der Waals surface area contributed by atoms with Crippen molar-refractivity contribution in [1.29, 1.82) is 0 Å². The van der Waals surface area contributed by atoms with Crippen LogP contribution in [0.4, 0.5) is 0 Å². The smallest absolute Gasteiger partial charge is 0.0459 e. The molecule has 0 saturated heterocycles. The third-order valence-corrected chi connectivity index (χ3v) is 5.54. The topological polar surface area (TPSA) is 31.9 Å². The lowest BCUT2D eigenvalue weighted by atomic mass is 9.92. The summed E-state index contributed by atoms with van der Waals surface area (Å²) in [4.78, 5) is 10.7. The Hall–Kier alpha value is -2.13. The van der Waals surface area contributed by atoms with E-state index in [1.165, 1.54) is 46.1 Å². The number of pyridine rings is 1. The van der Waals surface area contributed by atoms with Gasteiger partial charge < -0.3 is 9.88 Å². The van der Waals surface area contributed by atoms with Gasteiger partial charge in [0.2, 0.25) is 0 Å². The van der Waals surface area contributed by atoms with Crippen LogP contribution in [-0.2, 0) is 13.0 Å². The van der Waals surface area contributed by atoms with Gasteiger partial charge in [0.15, 0.2) is 0 Å². The average Bonchev–Trinajstić information content (AvgIpc) is 2.85. The van der Waals surface area contributed by atoms with Crippen LogP contribution in [0.15, 0.2) is 36.5 Å². The van der Waals surface area contributed by atoms with E-state index in [0.29, 0.717) is 5.92 Å². The quantitative estimate of drug-likeness (QED) is 0.751. The second-order valence-electron chi connectivity index (χ2n) is 7.64. The van der Waals surface area contributed by atoms with Gasteiger partial charge in [-0.1, -0.05) is 17.7 Å². The van der Waals surface area contributed by atoms with Crippen molar-refractivity contribution in [3.05, 3.63) is 64.6 Å². The van der Waals surface area contributed by atoms with E-state index >= 15 is 0 Å². The molecule has 0 spiro atoms. The van der Waals surface area contributed by atoms with Gasteiger partial charge in [-0.15, -0.1) is 0 Å². The van der Waals surface area contributed by atoms with Crippen LogP contribution in [0, 0.1) is 13.8 Å². The van der Waals surface area contributed by atoms with E-state index in [-0.39, 0.29) is 0 Å². The minimum Gasteiger partial charge on any atom is -0.358 e. The Balaban J connectivity index is 1.65. The molecule has 1 aliphatic heterocycles. The first kappa shape index (κ1) is 16.3. The van der Waals surface area contributed by atoms with E-state index in [2.05, 4.69) is 59.2 Å². The van der Waals surface area contributed by atoms with Crippen molar-refractivity contribution in [2.45, 2.75) is 45.6 Å². The minimum absolute atomic E-state index is 0.592. The molecular formula is C22H27N3. The average molecular weight is 333 g/mol. The molecule has 1 N–H and O–H groups in total. The van der Waals surface area contributed by atoms with Crippen molar-refractivity contribution < 1.29 is 0 Å². The zero-order valence-electron chi connectivity index (χ0n) is 15.5. The molecule has 4 rings (SSSR count). The molecule has 3 nitrogen and oxygen atoms in total. The maximum absolute atomic E-state index is 4.45. The number of nitrogens with one attached hydrogen (secondary N) is 1. The van der Waals surface area contributed by atoms with Crippen LogP contribution in [0.2, 0.25) is 0 Å². The number of hydrogen-bond acceptors (Lipinski definition) is 2. The summed E-state index contributed by atoms with van der Waals surface area (Å²) in [5, 5.41) is 1.41. The van der Waals surface area contributed by atoms with E-state index in [9.17, 15) is 0 Å². The Kier molecular flexibility index (Phi) is 4.34. The Morgan fingerprint density at radius 1 is 1.20 bits per heavy atom. The lowest BCUT2D eigenvalue weighted by molar-refractivity contribution is 0.323. The van der Waals surface area contributed by atoms with Crippen LogP contribution in [0.25, 0.3) is 10.9 Å². The summed E-state index contributed by atoms with van der Waals surface area (Å²) < 4.78 is 0. The second kappa shape index (κ2) is 6.64. The van der Waals surface area contributed by atoms with Gasteiger partial charge in [0.25, 0.3) is 0 Å². The highest BCUT2D eigenvalue weighted by atomic mass is 15.1. The summed E-state index contributed by atoms with van der Waals surface area (Å²) in [5.41, 5.74) is 8.02. The first-order valence-electron chi connectivity index (χ1n) is 9.31. The molecular weight excluding hydrogens is 306 g/mol. The van der Waals surface area contributed by atoms with Gasteiger partial charge in [-0.25, -0.2) is 0 Å². The SMILES string of the molecule is Cc1ccc2[nH]c3c(c2c1)CN(C)CCC3CCc1ccc(C)nc1. The molecule has 1 aliphatic rings. The van der Waals surface area contributed by atoms with E-state index in [1.807, 2.05) is 13.1 Å². The van der Waals surface area contributed by atoms with E-state index in [1.54, 1.807) is 0 Å². The van der Waals surface area contributed by atoms with Crippen LogP contribution < -0.4 is 0 Å². The third kappa shape index (κ3) is 3.34. The Bertz CT molecular complexity index is 876. The first-order valence-corrected chi connectivity index (χ1v) is 9.31. The summed E-state index contributed by atoms with van der Waals surface area (Å²) in [5.74, 6) is 0.592. The van der Waals surface area contributed by atoms with E-state index in [4.69, 9.17) is 0 Å². The second-order valence-corrected chi connectivity index (χ2v) is 7.64. The maximum Gasteiger partial charge on any atom is 0.0459 e. The molecule has 3 aromatic rings. The number of nitrogens with zero attached hydrogens (tertiary/aromatic N) is 2. The van der Waals surface area contributed by atoms with Crippen molar-refractivity contribution in [3.8, 4) is 0 Å². The lowest BCUT2D eigenvalue weighted by Crippen LogP contribution is -2.17. The fraction of sp³-hybridized carbons (Fsp3) is 0.409. The molecule has 0 radical (unpaired) electrons. The predicted molar refractivity (Wildman–Crippen MR) is 104 cm³/mol. The van der Waals surface area contributed by atoms with Gasteiger partial charge in [-0.05, 0) is 76.0 Å². The number of benzene rings is 1. The number of aromatic nitrogens is 2. The van der Waals surface area contributed by atoms with Crippen molar-refractivity contribution in [2.75, 3.05) is 13.6 Å². The van der Waals surface area contributed by atoms with Crippen LogP contribution in [0.3, 0.4) is 0 Å². The van der Waals surface area contributed by atoms with Gasteiger partial charge in [0.1, 0.15) is 0 Å². The van der Waals surface area contributed by atoms with Crippen LogP contribution >= 0.6 is 0 Å². The summed E-state index contributed by atoms with van der Waals surface area (Å²) >= 11 is 0. The molecule has 0 bridgehead atoms. The molecule has 0 aliphatic carbocycles. The lowest BCUT2D eigenvalue weighted by Gasteiger charge is -2.16. The standard InChI is InChI=1S/C22H27N3/c1-15-4-9-21-19(12-15)20-14-25(3)11-10-18(22(20)24-21)8-7-17-6-5-16(2)23-13-17/h4-6,9,12-13,18,24H,7-8,10-11,14H2,1-3H3. The monoisotopic (exact) mass is 333 g/mol. The van der Waals surface area contributed by atoms with Gasteiger partial charge in [-0.3, -0.25) is 4.98 Å².